The molecule has 5 heteroatoms. The van der Waals surface area contributed by atoms with E-state index in [2.05, 4.69) is 5.32 Å². The van der Waals surface area contributed by atoms with Crippen LogP contribution >= 0.6 is 0 Å². The number of carboxylic acids is 1. The molecule has 3 rings (SSSR count). The molecule has 0 radical (unpaired) electrons. The first kappa shape index (κ1) is 17.9. The lowest BCUT2D eigenvalue weighted by Gasteiger charge is -2.10. The average Bonchev–Trinajstić information content (AvgIpc) is 2.68. The topological polar surface area (TPSA) is 86.6 Å². The van der Waals surface area contributed by atoms with E-state index in [1.807, 2.05) is 30.3 Å². The summed E-state index contributed by atoms with van der Waals surface area (Å²) in [4.78, 5) is 23.7. The Hall–Kier alpha value is -3.86. The summed E-state index contributed by atoms with van der Waals surface area (Å²) in [6.45, 7) is 0. The fraction of sp³-hybridized carbons (Fsp3) is 0. The molecule has 0 atom stereocenters. The number of nitrogens with one attached hydrogen (secondary N) is 1. The standard InChI is InChI=1S/C22H17NO4/c24-18-10-6-15(7-11-18)8-13-21(25)23-20-14-17(9-12-19(20)22(26)27)16-4-2-1-3-5-16/h1-14,24H,(H,23,25)(H,26,27)/b13-8+. The van der Waals surface area contributed by atoms with Crippen molar-refractivity contribution in [2.75, 3.05) is 5.32 Å². The zero-order valence-electron chi connectivity index (χ0n) is 14.3. The number of benzene rings is 3. The first-order chi connectivity index (χ1) is 13.0. The minimum atomic E-state index is -1.12. The number of carbonyl (C=O) groups is 2. The average molecular weight is 359 g/mol. The third-order valence-corrected chi connectivity index (χ3v) is 3.94. The molecule has 0 heterocycles. The van der Waals surface area contributed by atoms with Gasteiger partial charge in [-0.3, -0.25) is 4.79 Å². The molecule has 0 saturated heterocycles. The first-order valence-corrected chi connectivity index (χ1v) is 8.24. The van der Waals surface area contributed by atoms with Crippen molar-refractivity contribution in [1.29, 1.82) is 0 Å². The predicted molar refractivity (Wildman–Crippen MR) is 105 cm³/mol. The van der Waals surface area contributed by atoms with Crippen molar-refractivity contribution in [1.82, 2.24) is 0 Å². The highest BCUT2D eigenvalue weighted by Gasteiger charge is 2.13. The van der Waals surface area contributed by atoms with E-state index in [9.17, 15) is 19.8 Å². The summed E-state index contributed by atoms with van der Waals surface area (Å²) in [7, 11) is 0. The van der Waals surface area contributed by atoms with Crippen molar-refractivity contribution in [2.24, 2.45) is 0 Å². The van der Waals surface area contributed by atoms with E-state index in [0.29, 0.717) is 0 Å². The van der Waals surface area contributed by atoms with E-state index >= 15 is 0 Å². The monoisotopic (exact) mass is 359 g/mol. The second-order valence-electron chi connectivity index (χ2n) is 5.85. The first-order valence-electron chi connectivity index (χ1n) is 8.24. The quantitative estimate of drug-likeness (QED) is 0.589. The van der Waals surface area contributed by atoms with Crippen LogP contribution in [0.2, 0.25) is 0 Å². The number of carbonyl (C=O) groups excluding carboxylic acids is 1. The molecule has 0 aliphatic rings. The van der Waals surface area contributed by atoms with Crippen LogP contribution in [0.4, 0.5) is 5.69 Å². The number of anilines is 1. The van der Waals surface area contributed by atoms with Gasteiger partial charge in [-0.2, -0.15) is 0 Å². The molecule has 0 aliphatic heterocycles. The molecule has 0 aliphatic carbocycles. The van der Waals surface area contributed by atoms with Gasteiger partial charge >= 0.3 is 5.97 Å². The van der Waals surface area contributed by atoms with Gasteiger partial charge in [-0.05, 0) is 47.0 Å². The van der Waals surface area contributed by atoms with Crippen LogP contribution in [-0.2, 0) is 4.79 Å². The molecule has 0 unspecified atom stereocenters. The molecule has 1 amide bonds. The van der Waals surface area contributed by atoms with Crippen LogP contribution in [0.1, 0.15) is 15.9 Å². The van der Waals surface area contributed by atoms with Gasteiger partial charge in [0.2, 0.25) is 5.91 Å². The molecular weight excluding hydrogens is 342 g/mol. The maximum Gasteiger partial charge on any atom is 0.337 e. The SMILES string of the molecule is O=C(/C=C/c1ccc(O)cc1)Nc1cc(-c2ccccc2)ccc1C(=O)O. The van der Waals surface area contributed by atoms with Gasteiger partial charge < -0.3 is 15.5 Å². The number of aromatic hydroxyl groups is 1. The van der Waals surface area contributed by atoms with Crippen molar-refractivity contribution in [3.8, 4) is 16.9 Å². The smallest absolute Gasteiger partial charge is 0.337 e. The van der Waals surface area contributed by atoms with E-state index in [-0.39, 0.29) is 17.0 Å². The van der Waals surface area contributed by atoms with Crippen molar-refractivity contribution < 1.29 is 19.8 Å². The second kappa shape index (κ2) is 8.01. The molecule has 5 nitrogen and oxygen atoms in total. The summed E-state index contributed by atoms with van der Waals surface area (Å²) < 4.78 is 0. The summed E-state index contributed by atoms with van der Waals surface area (Å²) in [6, 6.07) is 20.7. The highest BCUT2D eigenvalue weighted by Crippen LogP contribution is 2.26. The van der Waals surface area contributed by atoms with Gasteiger partial charge in [-0.25, -0.2) is 4.79 Å². The van der Waals surface area contributed by atoms with Crippen LogP contribution in [-0.4, -0.2) is 22.1 Å². The summed E-state index contributed by atoms with van der Waals surface area (Å²) in [6.07, 6.45) is 2.89. The van der Waals surface area contributed by atoms with Crippen LogP contribution in [0.15, 0.2) is 78.9 Å². The predicted octanol–water partition coefficient (Wildman–Crippen LogP) is 4.41. The molecule has 3 aromatic rings. The maximum atomic E-state index is 12.2. The fourth-order valence-electron chi connectivity index (χ4n) is 2.58. The summed E-state index contributed by atoms with van der Waals surface area (Å²) in [5.41, 5.74) is 2.70. The Morgan fingerprint density at radius 2 is 1.56 bits per heavy atom. The van der Waals surface area contributed by atoms with Gasteiger partial charge in [0, 0.05) is 6.08 Å². The number of amides is 1. The Bertz CT molecular complexity index is 993. The van der Waals surface area contributed by atoms with Gasteiger partial charge in [-0.1, -0.05) is 48.5 Å². The number of phenols is 1. The molecule has 0 fully saturated rings. The van der Waals surface area contributed by atoms with Crippen LogP contribution < -0.4 is 5.32 Å². The molecule has 0 aromatic heterocycles. The third kappa shape index (κ3) is 4.61. The van der Waals surface area contributed by atoms with Crippen molar-refractivity contribution in [2.45, 2.75) is 0 Å². The van der Waals surface area contributed by atoms with E-state index in [1.54, 1.807) is 30.3 Å². The van der Waals surface area contributed by atoms with E-state index in [0.717, 1.165) is 16.7 Å². The zero-order chi connectivity index (χ0) is 19.2. The lowest BCUT2D eigenvalue weighted by atomic mass is 10.0. The van der Waals surface area contributed by atoms with Gasteiger partial charge in [0.05, 0.1) is 11.3 Å². The minimum absolute atomic E-state index is 0.0149. The largest absolute Gasteiger partial charge is 0.508 e. The molecule has 3 aromatic carbocycles. The van der Waals surface area contributed by atoms with Crippen molar-refractivity contribution in [3.05, 3.63) is 90.0 Å². The van der Waals surface area contributed by atoms with Gasteiger partial charge in [0.15, 0.2) is 0 Å². The fourth-order valence-corrected chi connectivity index (χ4v) is 2.58. The number of aromatic carboxylic acids is 1. The van der Waals surface area contributed by atoms with E-state index < -0.39 is 11.9 Å². The number of carboxylic acid groups (broad SMARTS) is 1. The summed E-state index contributed by atoms with van der Waals surface area (Å²) in [5, 5.41) is 21.3. The molecule has 27 heavy (non-hydrogen) atoms. The maximum absolute atomic E-state index is 12.2. The zero-order valence-corrected chi connectivity index (χ0v) is 14.3. The Labute approximate surface area is 156 Å². The summed E-state index contributed by atoms with van der Waals surface area (Å²) in [5.74, 6) is -1.43. The van der Waals surface area contributed by atoms with E-state index in [4.69, 9.17) is 0 Å². The molecule has 0 spiro atoms. The minimum Gasteiger partial charge on any atom is -0.508 e. The van der Waals surface area contributed by atoms with Crippen molar-refractivity contribution >= 4 is 23.6 Å². The molecule has 0 saturated carbocycles. The number of rotatable bonds is 5. The third-order valence-electron chi connectivity index (χ3n) is 3.94. The second-order valence-corrected chi connectivity index (χ2v) is 5.85. The molecule has 0 bridgehead atoms. The number of phenolic OH excluding ortho intramolecular Hbond substituents is 1. The summed E-state index contributed by atoms with van der Waals surface area (Å²) >= 11 is 0. The Morgan fingerprint density at radius 3 is 2.22 bits per heavy atom. The van der Waals surface area contributed by atoms with Crippen LogP contribution in [0.3, 0.4) is 0 Å². The van der Waals surface area contributed by atoms with Crippen LogP contribution in [0.5, 0.6) is 5.75 Å². The molecule has 3 N–H and O–H groups in total. The van der Waals surface area contributed by atoms with Crippen LogP contribution in [0.25, 0.3) is 17.2 Å². The highest BCUT2D eigenvalue weighted by molar-refractivity contribution is 6.06. The van der Waals surface area contributed by atoms with Gasteiger partial charge in [-0.15, -0.1) is 0 Å². The Balaban J connectivity index is 1.84. The van der Waals surface area contributed by atoms with Crippen molar-refractivity contribution in [3.63, 3.8) is 0 Å². The lowest BCUT2D eigenvalue weighted by Crippen LogP contribution is -2.12. The van der Waals surface area contributed by atoms with Gasteiger partial charge in [0.1, 0.15) is 5.75 Å². The Morgan fingerprint density at radius 1 is 0.852 bits per heavy atom. The van der Waals surface area contributed by atoms with E-state index in [1.165, 1.54) is 24.3 Å². The molecule has 134 valence electrons. The van der Waals surface area contributed by atoms with Gasteiger partial charge in [0.25, 0.3) is 0 Å². The molecular formula is C22H17NO4. The van der Waals surface area contributed by atoms with Crippen LogP contribution in [0, 0.1) is 0 Å². The number of hydrogen-bond donors (Lipinski definition) is 3. The number of hydrogen-bond acceptors (Lipinski definition) is 3. The Kier molecular flexibility index (Phi) is 5.33. The normalized spacial score (nSPS) is 10.7. The lowest BCUT2D eigenvalue weighted by molar-refractivity contribution is -0.111. The highest BCUT2D eigenvalue weighted by atomic mass is 16.4.